The quantitative estimate of drug-likeness (QED) is 0.752. The Morgan fingerprint density at radius 1 is 1.18 bits per heavy atom. The number of carbonyl (C=O) groups is 1. The molecule has 0 aliphatic carbocycles. The molecule has 1 aromatic carbocycles. The maximum Gasteiger partial charge on any atom is 0.235 e. The predicted octanol–water partition coefficient (Wildman–Crippen LogP) is 0.434. The van der Waals surface area contributed by atoms with E-state index in [-0.39, 0.29) is 19.0 Å². The first-order chi connectivity index (χ1) is 10.2. The average Bonchev–Trinajstić information content (AvgIpc) is 2.39. The van der Waals surface area contributed by atoms with E-state index in [4.69, 9.17) is 0 Å². The van der Waals surface area contributed by atoms with Crippen LogP contribution in [0.1, 0.15) is 11.1 Å². The largest absolute Gasteiger partial charge is 0.354 e. The van der Waals surface area contributed by atoms with Crippen molar-refractivity contribution in [2.24, 2.45) is 0 Å². The van der Waals surface area contributed by atoms with E-state index in [1.54, 1.807) is 0 Å². The van der Waals surface area contributed by atoms with E-state index in [1.165, 1.54) is 4.31 Å². The van der Waals surface area contributed by atoms with Crippen molar-refractivity contribution in [3.05, 3.63) is 35.4 Å². The van der Waals surface area contributed by atoms with E-state index >= 15 is 0 Å². The zero-order valence-electron chi connectivity index (χ0n) is 13.7. The van der Waals surface area contributed by atoms with Crippen molar-refractivity contribution < 1.29 is 13.2 Å². The highest BCUT2D eigenvalue weighted by Crippen LogP contribution is 2.09. The molecule has 1 amide bonds. The van der Waals surface area contributed by atoms with Crippen LogP contribution in [0.5, 0.6) is 0 Å². The Kier molecular flexibility index (Phi) is 6.99. The fraction of sp³-hybridized carbons (Fsp3) is 0.533. The van der Waals surface area contributed by atoms with Crippen LogP contribution in [0.25, 0.3) is 0 Å². The Bertz CT molecular complexity index is 583. The molecule has 0 saturated heterocycles. The lowest BCUT2D eigenvalue weighted by atomic mass is 10.1. The van der Waals surface area contributed by atoms with Gasteiger partial charge in [-0.3, -0.25) is 4.79 Å². The summed E-state index contributed by atoms with van der Waals surface area (Å²) in [6.45, 7) is 3.20. The summed E-state index contributed by atoms with van der Waals surface area (Å²) in [5, 5.41) is 2.72. The number of amides is 1. The lowest BCUT2D eigenvalue weighted by molar-refractivity contribution is -0.121. The standard InChI is InChI=1S/C15H25N3O3S/c1-13-5-7-14(8-6-13)11-18(22(4,20)21)12-15(19)16-9-10-17(2)3/h5-8H,9-12H2,1-4H3,(H,16,19). The van der Waals surface area contributed by atoms with Gasteiger partial charge < -0.3 is 10.2 Å². The molecular weight excluding hydrogens is 302 g/mol. The third-order valence-electron chi connectivity index (χ3n) is 3.15. The zero-order chi connectivity index (χ0) is 16.8. The first kappa shape index (κ1) is 18.6. The summed E-state index contributed by atoms with van der Waals surface area (Å²) in [6, 6.07) is 7.59. The molecule has 1 rings (SSSR count). The summed E-state index contributed by atoms with van der Waals surface area (Å²) in [7, 11) is 0.371. The number of nitrogens with zero attached hydrogens (tertiary/aromatic N) is 2. The number of nitrogens with one attached hydrogen (secondary N) is 1. The Hall–Kier alpha value is -1.44. The number of carbonyl (C=O) groups excluding carboxylic acids is 1. The molecule has 0 aromatic heterocycles. The van der Waals surface area contributed by atoms with Crippen LogP contribution in [0.15, 0.2) is 24.3 Å². The molecule has 0 fully saturated rings. The van der Waals surface area contributed by atoms with E-state index < -0.39 is 10.0 Å². The molecule has 0 atom stereocenters. The van der Waals surface area contributed by atoms with Crippen LogP contribution in [0, 0.1) is 6.92 Å². The lowest BCUT2D eigenvalue weighted by Crippen LogP contribution is -2.41. The maximum absolute atomic E-state index is 11.9. The minimum atomic E-state index is -3.45. The molecule has 1 aromatic rings. The third kappa shape index (κ3) is 7.02. The van der Waals surface area contributed by atoms with E-state index in [2.05, 4.69) is 5.32 Å². The first-order valence-corrected chi connectivity index (χ1v) is 8.95. The minimum Gasteiger partial charge on any atom is -0.354 e. The molecule has 1 N–H and O–H groups in total. The van der Waals surface area contributed by atoms with Crippen molar-refractivity contribution in [3.63, 3.8) is 0 Å². The van der Waals surface area contributed by atoms with Gasteiger partial charge in [0.25, 0.3) is 0 Å². The number of rotatable bonds is 8. The van der Waals surface area contributed by atoms with Crippen LogP contribution in [0.3, 0.4) is 0 Å². The van der Waals surface area contributed by atoms with Gasteiger partial charge in [0.1, 0.15) is 0 Å². The molecule has 124 valence electrons. The fourth-order valence-corrected chi connectivity index (χ4v) is 2.56. The van der Waals surface area contributed by atoms with Crippen LogP contribution in [-0.2, 0) is 21.4 Å². The Balaban J connectivity index is 2.65. The van der Waals surface area contributed by atoms with E-state index in [1.807, 2.05) is 50.2 Å². The molecule has 0 aliphatic heterocycles. The summed E-state index contributed by atoms with van der Waals surface area (Å²) < 4.78 is 24.9. The molecule has 0 radical (unpaired) electrons. The summed E-state index contributed by atoms with van der Waals surface area (Å²) in [4.78, 5) is 13.8. The van der Waals surface area contributed by atoms with Gasteiger partial charge in [0, 0.05) is 19.6 Å². The van der Waals surface area contributed by atoms with Crippen molar-refractivity contribution >= 4 is 15.9 Å². The van der Waals surface area contributed by atoms with Crippen molar-refractivity contribution in [2.75, 3.05) is 40.0 Å². The molecule has 0 bridgehead atoms. The predicted molar refractivity (Wildman–Crippen MR) is 88.0 cm³/mol. The second-order valence-corrected chi connectivity index (χ2v) is 7.65. The number of benzene rings is 1. The zero-order valence-corrected chi connectivity index (χ0v) is 14.5. The molecule has 22 heavy (non-hydrogen) atoms. The van der Waals surface area contributed by atoms with Gasteiger partial charge in [0.15, 0.2) is 0 Å². The molecule has 0 unspecified atom stereocenters. The Morgan fingerprint density at radius 2 is 1.77 bits per heavy atom. The average molecular weight is 327 g/mol. The molecule has 7 heteroatoms. The van der Waals surface area contributed by atoms with Crippen molar-refractivity contribution in [2.45, 2.75) is 13.5 Å². The Morgan fingerprint density at radius 3 is 2.27 bits per heavy atom. The second kappa shape index (κ2) is 8.26. The van der Waals surface area contributed by atoms with Gasteiger partial charge in [0.05, 0.1) is 12.8 Å². The summed E-state index contributed by atoms with van der Waals surface area (Å²) in [5.74, 6) is -0.292. The molecule has 6 nitrogen and oxygen atoms in total. The number of hydrogen-bond acceptors (Lipinski definition) is 4. The minimum absolute atomic E-state index is 0.167. The smallest absolute Gasteiger partial charge is 0.235 e. The molecule has 0 saturated carbocycles. The summed E-state index contributed by atoms with van der Waals surface area (Å²) >= 11 is 0. The van der Waals surface area contributed by atoms with Gasteiger partial charge in [-0.2, -0.15) is 4.31 Å². The molecule has 0 spiro atoms. The van der Waals surface area contributed by atoms with Crippen LogP contribution >= 0.6 is 0 Å². The number of likely N-dealkylation sites (N-methyl/N-ethyl adjacent to an activating group) is 1. The number of sulfonamides is 1. The van der Waals surface area contributed by atoms with E-state index in [9.17, 15) is 13.2 Å². The van der Waals surface area contributed by atoms with Crippen LogP contribution in [0.2, 0.25) is 0 Å². The van der Waals surface area contributed by atoms with E-state index in [0.29, 0.717) is 13.1 Å². The molecule has 0 aliphatic rings. The van der Waals surface area contributed by atoms with Crippen LogP contribution in [0.4, 0.5) is 0 Å². The SMILES string of the molecule is Cc1ccc(CN(CC(=O)NCCN(C)C)S(C)(=O)=O)cc1. The van der Waals surface area contributed by atoms with Gasteiger partial charge in [-0.05, 0) is 26.6 Å². The highest BCUT2D eigenvalue weighted by atomic mass is 32.2. The van der Waals surface area contributed by atoms with Crippen molar-refractivity contribution in [1.29, 1.82) is 0 Å². The maximum atomic E-state index is 11.9. The van der Waals surface area contributed by atoms with Gasteiger partial charge >= 0.3 is 0 Å². The highest BCUT2D eigenvalue weighted by molar-refractivity contribution is 7.88. The van der Waals surface area contributed by atoms with Gasteiger partial charge in [-0.15, -0.1) is 0 Å². The molecular formula is C15H25N3O3S. The third-order valence-corrected chi connectivity index (χ3v) is 4.35. The van der Waals surface area contributed by atoms with Crippen LogP contribution < -0.4 is 5.32 Å². The first-order valence-electron chi connectivity index (χ1n) is 7.10. The summed E-state index contributed by atoms with van der Waals surface area (Å²) in [5.41, 5.74) is 1.97. The second-order valence-electron chi connectivity index (χ2n) is 5.67. The van der Waals surface area contributed by atoms with E-state index in [0.717, 1.165) is 17.4 Å². The Labute approximate surface area is 133 Å². The van der Waals surface area contributed by atoms with Crippen LogP contribution in [-0.4, -0.2) is 63.5 Å². The van der Waals surface area contributed by atoms with Crippen molar-refractivity contribution in [3.8, 4) is 0 Å². The summed E-state index contributed by atoms with van der Waals surface area (Å²) in [6.07, 6.45) is 1.12. The van der Waals surface area contributed by atoms with Crippen molar-refractivity contribution in [1.82, 2.24) is 14.5 Å². The van der Waals surface area contributed by atoms with Gasteiger partial charge in [0.2, 0.25) is 15.9 Å². The normalized spacial score (nSPS) is 11.9. The highest BCUT2D eigenvalue weighted by Gasteiger charge is 2.20. The van der Waals surface area contributed by atoms with Gasteiger partial charge in [-0.1, -0.05) is 29.8 Å². The fourth-order valence-electron chi connectivity index (χ4n) is 1.82. The molecule has 0 heterocycles. The monoisotopic (exact) mass is 327 g/mol. The van der Waals surface area contributed by atoms with Gasteiger partial charge in [-0.25, -0.2) is 8.42 Å². The topological polar surface area (TPSA) is 69.7 Å². The number of aryl methyl sites for hydroxylation is 1. The lowest BCUT2D eigenvalue weighted by Gasteiger charge is -2.20. The number of hydrogen-bond donors (Lipinski definition) is 1.